The predicted octanol–water partition coefficient (Wildman–Crippen LogP) is 0.773. The largest absolute Gasteiger partial charge is 0.462 e. The van der Waals surface area contributed by atoms with Gasteiger partial charge in [-0.1, -0.05) is 6.92 Å². The summed E-state index contributed by atoms with van der Waals surface area (Å²) in [6.07, 6.45) is -0.114. The molecule has 1 rings (SSSR count). The average Bonchev–Trinajstić information content (AvgIpc) is 2.07. The van der Waals surface area contributed by atoms with Gasteiger partial charge in [-0.3, -0.25) is 9.59 Å². The van der Waals surface area contributed by atoms with Crippen molar-refractivity contribution in [3.63, 3.8) is 0 Å². The minimum absolute atomic E-state index is 0.0278. The summed E-state index contributed by atoms with van der Waals surface area (Å²) in [5, 5.41) is 0. The lowest BCUT2D eigenvalue weighted by molar-refractivity contribution is -0.146. The molecule has 0 aromatic carbocycles. The van der Waals surface area contributed by atoms with Crippen LogP contribution in [0.4, 0.5) is 0 Å². The molecule has 1 saturated heterocycles. The SMILES string of the molecule is CC(=O)[C@@H]1C(=O)O[C@H](C)[C@H]1C. The van der Waals surface area contributed by atoms with Gasteiger partial charge in [-0.25, -0.2) is 0 Å². The van der Waals surface area contributed by atoms with Crippen molar-refractivity contribution in [3.05, 3.63) is 0 Å². The van der Waals surface area contributed by atoms with Crippen LogP contribution in [0.1, 0.15) is 20.8 Å². The van der Waals surface area contributed by atoms with Gasteiger partial charge >= 0.3 is 5.97 Å². The molecule has 1 aliphatic heterocycles. The number of esters is 1. The number of carbonyl (C=O) groups excluding carboxylic acids is 2. The second-order valence-electron chi connectivity index (χ2n) is 3.09. The molecule has 0 aromatic rings. The second-order valence-corrected chi connectivity index (χ2v) is 3.09. The molecule has 11 heavy (non-hydrogen) atoms. The van der Waals surface area contributed by atoms with Gasteiger partial charge in [0, 0.05) is 5.92 Å². The number of hydrogen-bond acceptors (Lipinski definition) is 3. The molecule has 0 aliphatic carbocycles. The summed E-state index contributed by atoms with van der Waals surface area (Å²) < 4.78 is 4.89. The van der Waals surface area contributed by atoms with Gasteiger partial charge < -0.3 is 4.74 Å². The Bertz CT molecular complexity index is 198. The smallest absolute Gasteiger partial charge is 0.317 e. The third-order valence-corrected chi connectivity index (χ3v) is 2.26. The Hall–Kier alpha value is -0.860. The predicted molar refractivity (Wildman–Crippen MR) is 38.9 cm³/mol. The highest BCUT2D eigenvalue weighted by molar-refractivity contribution is 5.99. The Morgan fingerprint density at radius 1 is 1.45 bits per heavy atom. The number of Topliss-reactive ketones (excluding diaryl/α,β-unsaturated/α-hetero) is 1. The number of rotatable bonds is 1. The summed E-state index contributed by atoms with van der Waals surface area (Å²) in [6, 6.07) is 0. The molecule has 0 saturated carbocycles. The molecule has 1 heterocycles. The third-order valence-electron chi connectivity index (χ3n) is 2.26. The number of hydrogen-bond donors (Lipinski definition) is 0. The van der Waals surface area contributed by atoms with Crippen molar-refractivity contribution in [2.75, 3.05) is 0 Å². The zero-order valence-electron chi connectivity index (χ0n) is 6.96. The standard InChI is InChI=1S/C8H12O3/c1-4-6(3)11-8(10)7(4)5(2)9/h4,6-7H,1-3H3/t4-,6-,7-/m1/s1. The minimum Gasteiger partial charge on any atom is -0.462 e. The quantitative estimate of drug-likeness (QED) is 0.416. The topological polar surface area (TPSA) is 43.4 Å². The van der Waals surface area contributed by atoms with Crippen molar-refractivity contribution >= 4 is 11.8 Å². The zero-order valence-corrected chi connectivity index (χ0v) is 6.96. The van der Waals surface area contributed by atoms with Gasteiger partial charge in [0.25, 0.3) is 0 Å². The molecule has 0 radical (unpaired) electrons. The minimum atomic E-state index is -0.523. The van der Waals surface area contributed by atoms with Gasteiger partial charge in [-0.15, -0.1) is 0 Å². The van der Waals surface area contributed by atoms with Crippen LogP contribution >= 0.6 is 0 Å². The van der Waals surface area contributed by atoms with Crippen LogP contribution in [0.15, 0.2) is 0 Å². The fourth-order valence-electron chi connectivity index (χ4n) is 1.39. The Labute approximate surface area is 65.7 Å². The summed E-state index contributed by atoms with van der Waals surface area (Å²) in [7, 11) is 0. The van der Waals surface area contributed by atoms with Crippen LogP contribution in [0.25, 0.3) is 0 Å². The van der Waals surface area contributed by atoms with Crippen molar-refractivity contribution in [2.45, 2.75) is 26.9 Å². The van der Waals surface area contributed by atoms with Crippen LogP contribution in [0.5, 0.6) is 0 Å². The molecular weight excluding hydrogens is 144 g/mol. The van der Waals surface area contributed by atoms with E-state index in [2.05, 4.69) is 0 Å². The van der Waals surface area contributed by atoms with Gasteiger partial charge in [-0.2, -0.15) is 0 Å². The normalized spacial score (nSPS) is 37.0. The molecule has 1 aliphatic rings. The maximum Gasteiger partial charge on any atom is 0.317 e. The first-order valence-electron chi connectivity index (χ1n) is 3.75. The molecule has 0 unspecified atom stereocenters. The molecular formula is C8H12O3. The van der Waals surface area contributed by atoms with E-state index in [1.807, 2.05) is 13.8 Å². The molecule has 1 fully saturated rings. The molecule has 3 nitrogen and oxygen atoms in total. The van der Waals surface area contributed by atoms with Gasteiger partial charge in [-0.05, 0) is 13.8 Å². The highest BCUT2D eigenvalue weighted by atomic mass is 16.6. The maximum atomic E-state index is 11.0. The second kappa shape index (κ2) is 2.64. The van der Waals surface area contributed by atoms with Crippen molar-refractivity contribution in [1.82, 2.24) is 0 Å². The van der Waals surface area contributed by atoms with Crippen LogP contribution in [0, 0.1) is 11.8 Å². The van der Waals surface area contributed by atoms with E-state index in [1.165, 1.54) is 6.92 Å². The van der Waals surface area contributed by atoms with E-state index in [-0.39, 0.29) is 23.8 Å². The average molecular weight is 156 g/mol. The molecule has 0 N–H and O–H groups in total. The van der Waals surface area contributed by atoms with Crippen molar-refractivity contribution in [1.29, 1.82) is 0 Å². The molecule has 3 atom stereocenters. The van der Waals surface area contributed by atoms with Crippen molar-refractivity contribution in [3.8, 4) is 0 Å². The highest BCUT2D eigenvalue weighted by Gasteiger charge is 2.41. The molecule has 0 amide bonds. The van der Waals surface area contributed by atoms with Crippen LogP contribution in [-0.4, -0.2) is 17.9 Å². The monoisotopic (exact) mass is 156 g/mol. The first-order chi connectivity index (χ1) is 5.04. The number of cyclic esters (lactones) is 1. The molecule has 0 bridgehead atoms. The van der Waals surface area contributed by atoms with Crippen LogP contribution in [0.2, 0.25) is 0 Å². The molecule has 0 spiro atoms. The van der Waals surface area contributed by atoms with Gasteiger partial charge in [0.05, 0.1) is 0 Å². The lowest BCUT2D eigenvalue weighted by Gasteiger charge is -2.08. The summed E-state index contributed by atoms with van der Waals surface area (Å²) in [5.41, 5.74) is 0. The van der Waals surface area contributed by atoms with Crippen LogP contribution in [0.3, 0.4) is 0 Å². The van der Waals surface area contributed by atoms with E-state index in [0.29, 0.717) is 0 Å². The van der Waals surface area contributed by atoms with Crippen LogP contribution in [-0.2, 0) is 14.3 Å². The lowest BCUT2D eigenvalue weighted by atomic mass is 9.90. The summed E-state index contributed by atoms with van der Waals surface area (Å²) in [6.45, 7) is 5.10. The highest BCUT2D eigenvalue weighted by Crippen LogP contribution is 2.27. The number of ketones is 1. The molecule has 3 heteroatoms. The summed E-state index contributed by atoms with van der Waals surface area (Å²) in [5.74, 6) is -0.950. The van der Waals surface area contributed by atoms with E-state index in [1.54, 1.807) is 0 Å². The number of ether oxygens (including phenoxy) is 1. The number of carbonyl (C=O) groups is 2. The third kappa shape index (κ3) is 1.27. The van der Waals surface area contributed by atoms with E-state index in [4.69, 9.17) is 4.74 Å². The Kier molecular flexibility index (Phi) is 1.98. The Balaban J connectivity index is 2.79. The first kappa shape index (κ1) is 8.24. The van der Waals surface area contributed by atoms with Crippen molar-refractivity contribution in [2.24, 2.45) is 11.8 Å². The Morgan fingerprint density at radius 3 is 2.18 bits per heavy atom. The van der Waals surface area contributed by atoms with Gasteiger partial charge in [0.15, 0.2) is 0 Å². The lowest BCUT2D eigenvalue weighted by Crippen LogP contribution is -2.22. The fourth-order valence-corrected chi connectivity index (χ4v) is 1.39. The molecule has 62 valence electrons. The van der Waals surface area contributed by atoms with Crippen LogP contribution < -0.4 is 0 Å². The summed E-state index contributed by atoms with van der Waals surface area (Å²) in [4.78, 5) is 21.9. The fraction of sp³-hybridized carbons (Fsp3) is 0.750. The van der Waals surface area contributed by atoms with E-state index < -0.39 is 5.92 Å². The maximum absolute atomic E-state index is 11.0. The van der Waals surface area contributed by atoms with Gasteiger partial charge in [0.2, 0.25) is 0 Å². The zero-order chi connectivity index (χ0) is 8.59. The van der Waals surface area contributed by atoms with E-state index >= 15 is 0 Å². The van der Waals surface area contributed by atoms with E-state index in [9.17, 15) is 9.59 Å². The van der Waals surface area contributed by atoms with Crippen molar-refractivity contribution < 1.29 is 14.3 Å². The Morgan fingerprint density at radius 2 is 2.00 bits per heavy atom. The summed E-state index contributed by atoms with van der Waals surface area (Å²) >= 11 is 0. The van der Waals surface area contributed by atoms with Gasteiger partial charge in [0.1, 0.15) is 17.8 Å². The molecule has 0 aromatic heterocycles. The van der Waals surface area contributed by atoms with E-state index in [0.717, 1.165) is 0 Å². The first-order valence-corrected chi connectivity index (χ1v) is 3.75.